The molecular weight excluding hydrogens is 364 g/mol. The minimum Gasteiger partial charge on any atom is -0.482 e. The van der Waals surface area contributed by atoms with E-state index in [1.807, 2.05) is 11.4 Å². The first-order chi connectivity index (χ1) is 10.0. The summed E-state index contributed by atoms with van der Waals surface area (Å²) in [4.78, 5) is 9.07. The van der Waals surface area contributed by atoms with Crippen molar-refractivity contribution in [3.8, 4) is 5.75 Å². The van der Waals surface area contributed by atoms with Crippen molar-refractivity contribution in [1.82, 2.24) is 9.97 Å². The maximum absolute atomic E-state index is 13.6. The van der Waals surface area contributed by atoms with Crippen molar-refractivity contribution in [3.63, 3.8) is 0 Å². The molecule has 0 aliphatic rings. The molecule has 1 aromatic carbocycles. The Bertz CT molecular complexity index is 825. The summed E-state index contributed by atoms with van der Waals surface area (Å²) >= 11 is 4.49. The van der Waals surface area contributed by atoms with Crippen LogP contribution in [0.15, 0.2) is 28.1 Å². The molecule has 4 nitrogen and oxygen atoms in total. The highest BCUT2D eigenvalue weighted by Gasteiger charge is 2.13. The van der Waals surface area contributed by atoms with Crippen LogP contribution in [0.3, 0.4) is 0 Å². The Labute approximate surface area is 130 Å². The molecule has 0 bridgehead atoms. The van der Waals surface area contributed by atoms with Crippen LogP contribution in [0.25, 0.3) is 10.2 Å². The van der Waals surface area contributed by atoms with Crippen molar-refractivity contribution >= 4 is 43.3 Å². The van der Waals surface area contributed by atoms with Crippen LogP contribution in [0.1, 0.15) is 5.82 Å². The molecule has 0 atom stereocenters. The molecule has 108 valence electrons. The largest absolute Gasteiger partial charge is 0.482 e. The number of hydrogen-bond acceptors (Lipinski definition) is 5. The standard InChI is InChI=1S/C13H8BrF2N3OS/c14-6-3-8(15)11(16)9(4-6)20-5-10-18-12(17)7-1-2-21-13(7)19-10/h1-4H,5H2,(H2,17,18,19). The molecule has 0 aliphatic carbocycles. The lowest BCUT2D eigenvalue weighted by Crippen LogP contribution is -2.05. The molecule has 0 saturated carbocycles. The molecule has 0 amide bonds. The molecule has 21 heavy (non-hydrogen) atoms. The number of halogens is 3. The second kappa shape index (κ2) is 5.53. The number of nitrogens with zero attached hydrogens (tertiary/aromatic N) is 2. The van der Waals surface area contributed by atoms with E-state index in [0.717, 1.165) is 16.3 Å². The zero-order chi connectivity index (χ0) is 15.0. The summed E-state index contributed by atoms with van der Waals surface area (Å²) in [5, 5.41) is 2.62. The molecule has 0 radical (unpaired) electrons. The molecule has 0 aliphatic heterocycles. The normalized spacial score (nSPS) is 11.0. The van der Waals surface area contributed by atoms with Gasteiger partial charge < -0.3 is 10.5 Å². The molecule has 0 fully saturated rings. The van der Waals surface area contributed by atoms with Crippen molar-refractivity contribution in [2.75, 3.05) is 5.73 Å². The molecule has 0 saturated heterocycles. The molecule has 3 rings (SSSR count). The van der Waals surface area contributed by atoms with Gasteiger partial charge in [-0.2, -0.15) is 4.39 Å². The number of benzene rings is 1. The topological polar surface area (TPSA) is 61.0 Å². The van der Waals surface area contributed by atoms with Crippen molar-refractivity contribution in [2.45, 2.75) is 6.61 Å². The van der Waals surface area contributed by atoms with E-state index in [4.69, 9.17) is 10.5 Å². The summed E-state index contributed by atoms with van der Waals surface area (Å²) in [5.74, 6) is -1.62. The van der Waals surface area contributed by atoms with Crippen LogP contribution >= 0.6 is 27.3 Å². The quantitative estimate of drug-likeness (QED) is 0.709. The number of thiophene rings is 1. The van der Waals surface area contributed by atoms with Gasteiger partial charge in [0, 0.05) is 4.47 Å². The second-order valence-corrected chi connectivity index (χ2v) is 5.96. The average molecular weight is 372 g/mol. The Morgan fingerprint density at radius 3 is 2.90 bits per heavy atom. The van der Waals surface area contributed by atoms with E-state index in [-0.39, 0.29) is 12.4 Å². The average Bonchev–Trinajstić information content (AvgIpc) is 2.90. The van der Waals surface area contributed by atoms with Crippen LogP contribution in [0.5, 0.6) is 5.75 Å². The van der Waals surface area contributed by atoms with Crippen molar-refractivity contribution in [3.05, 3.63) is 45.5 Å². The molecular formula is C13H8BrF2N3OS. The summed E-state index contributed by atoms with van der Waals surface area (Å²) in [6.07, 6.45) is 0. The van der Waals surface area contributed by atoms with Crippen LogP contribution in [0, 0.1) is 11.6 Å². The number of fused-ring (bicyclic) bond motifs is 1. The second-order valence-electron chi connectivity index (χ2n) is 4.15. The van der Waals surface area contributed by atoms with Crippen LogP contribution in [-0.4, -0.2) is 9.97 Å². The van der Waals surface area contributed by atoms with E-state index in [9.17, 15) is 8.78 Å². The SMILES string of the molecule is Nc1nc(COc2cc(Br)cc(F)c2F)nc2sccc12. The molecule has 3 aromatic rings. The Morgan fingerprint density at radius 2 is 2.10 bits per heavy atom. The Kier molecular flexibility index (Phi) is 3.73. The lowest BCUT2D eigenvalue weighted by Gasteiger charge is -2.08. The minimum atomic E-state index is -1.05. The van der Waals surface area contributed by atoms with Gasteiger partial charge in [0.15, 0.2) is 17.4 Å². The predicted octanol–water partition coefficient (Wildman–Crippen LogP) is 3.89. The molecule has 2 N–H and O–H groups in total. The minimum absolute atomic E-state index is 0.106. The zero-order valence-electron chi connectivity index (χ0n) is 10.4. The van der Waals surface area contributed by atoms with Gasteiger partial charge in [-0.3, -0.25) is 0 Å². The number of hydrogen-bond donors (Lipinski definition) is 1. The van der Waals surface area contributed by atoms with Gasteiger partial charge in [-0.15, -0.1) is 11.3 Å². The smallest absolute Gasteiger partial charge is 0.200 e. The lowest BCUT2D eigenvalue weighted by molar-refractivity contribution is 0.276. The predicted molar refractivity (Wildman–Crippen MR) is 80.2 cm³/mol. The van der Waals surface area contributed by atoms with Gasteiger partial charge >= 0.3 is 0 Å². The van der Waals surface area contributed by atoms with Gasteiger partial charge in [0.25, 0.3) is 0 Å². The number of nitrogen functional groups attached to an aromatic ring is 1. The fourth-order valence-electron chi connectivity index (χ4n) is 1.77. The van der Waals surface area contributed by atoms with E-state index < -0.39 is 11.6 Å². The fourth-order valence-corrected chi connectivity index (χ4v) is 2.97. The molecule has 0 unspecified atom stereocenters. The molecule has 2 heterocycles. The van der Waals surface area contributed by atoms with Crippen LogP contribution in [0.4, 0.5) is 14.6 Å². The summed E-state index contributed by atoms with van der Waals surface area (Å²) in [5.41, 5.74) is 5.81. The summed E-state index contributed by atoms with van der Waals surface area (Å²) in [6, 6.07) is 4.18. The van der Waals surface area contributed by atoms with Crippen molar-refractivity contribution in [2.24, 2.45) is 0 Å². The zero-order valence-corrected chi connectivity index (χ0v) is 12.8. The maximum atomic E-state index is 13.6. The highest BCUT2D eigenvalue weighted by Crippen LogP contribution is 2.27. The van der Waals surface area contributed by atoms with E-state index in [2.05, 4.69) is 25.9 Å². The van der Waals surface area contributed by atoms with E-state index in [0.29, 0.717) is 16.1 Å². The number of aromatic nitrogens is 2. The number of rotatable bonds is 3. The Morgan fingerprint density at radius 1 is 1.29 bits per heavy atom. The lowest BCUT2D eigenvalue weighted by atomic mass is 10.3. The Balaban J connectivity index is 1.86. The van der Waals surface area contributed by atoms with Crippen LogP contribution < -0.4 is 10.5 Å². The third-order valence-electron chi connectivity index (χ3n) is 2.72. The first-order valence-corrected chi connectivity index (χ1v) is 7.49. The van der Waals surface area contributed by atoms with Crippen LogP contribution in [-0.2, 0) is 6.61 Å². The summed E-state index contributed by atoms with van der Waals surface area (Å²) in [7, 11) is 0. The van der Waals surface area contributed by atoms with Gasteiger partial charge in [-0.05, 0) is 23.6 Å². The van der Waals surface area contributed by atoms with Gasteiger partial charge in [0.2, 0.25) is 5.82 Å². The van der Waals surface area contributed by atoms with E-state index in [1.54, 1.807) is 0 Å². The van der Waals surface area contributed by atoms with Crippen molar-refractivity contribution in [1.29, 1.82) is 0 Å². The van der Waals surface area contributed by atoms with E-state index >= 15 is 0 Å². The van der Waals surface area contributed by atoms with Crippen molar-refractivity contribution < 1.29 is 13.5 Å². The van der Waals surface area contributed by atoms with Gasteiger partial charge in [0.1, 0.15) is 17.3 Å². The number of ether oxygens (including phenoxy) is 1. The van der Waals surface area contributed by atoms with Gasteiger partial charge in [-0.1, -0.05) is 15.9 Å². The van der Waals surface area contributed by atoms with Gasteiger partial charge in [0.05, 0.1) is 5.39 Å². The monoisotopic (exact) mass is 371 g/mol. The third kappa shape index (κ3) is 2.81. The number of anilines is 1. The highest BCUT2D eigenvalue weighted by atomic mass is 79.9. The summed E-state index contributed by atoms with van der Waals surface area (Å²) < 4.78 is 32.5. The van der Waals surface area contributed by atoms with Gasteiger partial charge in [-0.25, -0.2) is 14.4 Å². The highest BCUT2D eigenvalue weighted by molar-refractivity contribution is 9.10. The fraction of sp³-hybridized carbons (Fsp3) is 0.0769. The first kappa shape index (κ1) is 14.2. The maximum Gasteiger partial charge on any atom is 0.200 e. The Hall–Kier alpha value is -1.80. The molecule has 8 heteroatoms. The summed E-state index contributed by atoms with van der Waals surface area (Å²) in [6.45, 7) is -0.106. The molecule has 0 spiro atoms. The molecule has 2 aromatic heterocycles. The first-order valence-electron chi connectivity index (χ1n) is 5.81. The van der Waals surface area contributed by atoms with Crippen LogP contribution in [0.2, 0.25) is 0 Å². The number of nitrogens with two attached hydrogens (primary N) is 1. The third-order valence-corrected chi connectivity index (χ3v) is 3.98. The van der Waals surface area contributed by atoms with E-state index in [1.165, 1.54) is 17.4 Å².